The van der Waals surface area contributed by atoms with Crippen LogP contribution in [0.15, 0.2) is 58.9 Å². The molecule has 0 saturated carbocycles. The van der Waals surface area contributed by atoms with Gasteiger partial charge >= 0.3 is 0 Å². The molecule has 4 rings (SSSR count). The maximum Gasteiger partial charge on any atom is 0.227 e. The molecule has 0 fully saturated rings. The number of ketones is 1. The van der Waals surface area contributed by atoms with E-state index >= 15 is 0 Å². The summed E-state index contributed by atoms with van der Waals surface area (Å²) in [6.07, 6.45) is 4.01. The van der Waals surface area contributed by atoms with Crippen LogP contribution in [0.4, 0.5) is 0 Å². The third kappa shape index (κ3) is 8.50. The molecule has 10 N–H and O–H groups in total. The lowest BCUT2D eigenvalue weighted by atomic mass is 9.94. The number of quaternary nitrogens is 1. The second-order valence-electron chi connectivity index (χ2n) is 11.3. The fourth-order valence-electron chi connectivity index (χ4n) is 5.45. The summed E-state index contributed by atoms with van der Waals surface area (Å²) in [5, 5.41) is 50.5. The molecule has 2 aromatic rings. The summed E-state index contributed by atoms with van der Waals surface area (Å²) < 4.78 is 5.92. The molecule has 0 aliphatic carbocycles. The number of carbonyl (C=O) groups is 1. The Morgan fingerprint density at radius 1 is 1.07 bits per heavy atom. The number of rotatable bonds is 16. The van der Waals surface area contributed by atoms with Crippen LogP contribution in [0.3, 0.4) is 0 Å². The van der Waals surface area contributed by atoms with E-state index < -0.39 is 18.4 Å². The largest absolute Gasteiger partial charge is 0.508 e. The quantitative estimate of drug-likeness (QED) is 0.131. The first-order valence-electron chi connectivity index (χ1n) is 14.7. The maximum absolute atomic E-state index is 12.4. The summed E-state index contributed by atoms with van der Waals surface area (Å²) >= 11 is 0. The van der Waals surface area contributed by atoms with Crippen molar-refractivity contribution in [3.8, 4) is 17.2 Å². The predicted molar refractivity (Wildman–Crippen MR) is 161 cm³/mol. The van der Waals surface area contributed by atoms with E-state index in [9.17, 15) is 30.3 Å². The average Bonchev–Trinajstić information content (AvgIpc) is 3.53. The molecule has 2 aromatic carbocycles. The van der Waals surface area contributed by atoms with Crippen molar-refractivity contribution < 1.29 is 40.0 Å². The first-order valence-corrected chi connectivity index (χ1v) is 14.7. The van der Waals surface area contributed by atoms with Crippen molar-refractivity contribution in [3.63, 3.8) is 0 Å². The Bertz CT molecular complexity index is 1400. The third-order valence-corrected chi connectivity index (χ3v) is 7.82. The van der Waals surface area contributed by atoms with Crippen molar-refractivity contribution in [1.29, 1.82) is 0 Å². The highest BCUT2D eigenvalue weighted by Crippen LogP contribution is 2.34. The van der Waals surface area contributed by atoms with Gasteiger partial charge < -0.3 is 41.7 Å². The molecule has 232 valence electrons. The number of phenols is 2. The van der Waals surface area contributed by atoms with Crippen molar-refractivity contribution in [3.05, 3.63) is 76.1 Å². The highest BCUT2D eigenvalue weighted by Gasteiger charge is 2.31. The third-order valence-electron chi connectivity index (χ3n) is 7.82. The van der Waals surface area contributed by atoms with Crippen LogP contribution in [0, 0.1) is 0 Å². The topological polar surface area (TPSA) is 196 Å². The molecule has 11 nitrogen and oxygen atoms in total. The summed E-state index contributed by atoms with van der Waals surface area (Å²) in [6, 6.07) is 8.29. The number of allylic oxidation sites excluding steroid dienone is 1. The molecule has 0 bridgehead atoms. The van der Waals surface area contributed by atoms with Crippen molar-refractivity contribution in [2.24, 2.45) is 16.5 Å². The van der Waals surface area contributed by atoms with Crippen LogP contribution in [0.25, 0.3) is 0 Å². The fourth-order valence-corrected chi connectivity index (χ4v) is 5.45. The Kier molecular flexibility index (Phi) is 11.1. The minimum absolute atomic E-state index is 0.0659. The van der Waals surface area contributed by atoms with Gasteiger partial charge in [0.25, 0.3) is 0 Å². The van der Waals surface area contributed by atoms with Gasteiger partial charge in [-0.2, -0.15) is 0 Å². The lowest BCUT2D eigenvalue weighted by molar-refractivity contribution is -0.851. The zero-order chi connectivity index (χ0) is 31.1. The number of carbonyl (C=O) groups excluding carboxylic acids is 1. The average molecular weight is 596 g/mol. The smallest absolute Gasteiger partial charge is 0.227 e. The first kappa shape index (κ1) is 32.3. The van der Waals surface area contributed by atoms with Crippen molar-refractivity contribution >= 4 is 11.5 Å². The number of aliphatic hydroxyl groups is 3. The number of Topliss-reactive ketones (excluding diaryl/α,β-unsaturated/α-hetero) is 1. The van der Waals surface area contributed by atoms with Crippen LogP contribution < -0.4 is 21.1 Å². The summed E-state index contributed by atoms with van der Waals surface area (Å²) in [7, 11) is 0. The SMILES string of the molecule is CCC[C@H](O)C[C@@H](O)CC(=O)CCc1cc(OC[NH+]2C=C3C(Cc4cc(C(N)N)ccc4CO)=CN=C3C2)c(O)cc1O. The van der Waals surface area contributed by atoms with E-state index in [2.05, 4.69) is 4.99 Å². The Hall–Kier alpha value is -3.58. The van der Waals surface area contributed by atoms with Crippen LogP contribution in [-0.2, 0) is 24.2 Å². The number of aromatic hydroxyl groups is 2. The van der Waals surface area contributed by atoms with Gasteiger partial charge in [0.2, 0.25) is 6.73 Å². The summed E-state index contributed by atoms with van der Waals surface area (Å²) in [6.45, 7) is 2.62. The standard InChI is InChI=1S/C32H42N4O7/c1-2-3-24(38)11-26(40)12-25(39)7-6-19-10-31(30(42)13-29(19)41)43-18-36-15-27-23(14-35-28(27)16-36)9-22-8-20(32(33)34)4-5-21(22)17-37/h4-5,8,10,13-15,24,26,32,37-38,40-42H,2-3,6-7,9,11-12,16-18,33-34H2,1H3/p+1/t24-,26+/m0/s1. The van der Waals surface area contributed by atoms with E-state index in [1.165, 1.54) is 12.1 Å². The molecule has 0 aromatic heterocycles. The van der Waals surface area contributed by atoms with Gasteiger partial charge in [0.15, 0.2) is 11.5 Å². The lowest BCUT2D eigenvalue weighted by Crippen LogP contribution is -3.07. The van der Waals surface area contributed by atoms with Gasteiger partial charge in [0.05, 0.1) is 30.6 Å². The number of aryl methyl sites for hydroxylation is 1. The van der Waals surface area contributed by atoms with Gasteiger partial charge in [0.1, 0.15) is 30.0 Å². The zero-order valence-electron chi connectivity index (χ0n) is 24.5. The zero-order valence-corrected chi connectivity index (χ0v) is 24.5. The predicted octanol–water partition coefficient (Wildman–Crippen LogP) is 1.01. The Morgan fingerprint density at radius 3 is 2.58 bits per heavy atom. The second-order valence-corrected chi connectivity index (χ2v) is 11.3. The second kappa shape index (κ2) is 14.7. The molecule has 3 atom stereocenters. The molecule has 1 unspecified atom stereocenters. The van der Waals surface area contributed by atoms with Crippen LogP contribution in [0.5, 0.6) is 17.2 Å². The van der Waals surface area contributed by atoms with Crippen LogP contribution >= 0.6 is 0 Å². The normalized spacial score (nSPS) is 17.4. The molecular weight excluding hydrogens is 552 g/mol. The van der Waals surface area contributed by atoms with Crippen molar-refractivity contribution in [2.45, 2.75) is 76.9 Å². The van der Waals surface area contributed by atoms with Gasteiger partial charge in [-0.1, -0.05) is 31.5 Å². The number of nitrogens with zero attached hydrogens (tertiary/aromatic N) is 1. The lowest BCUT2D eigenvalue weighted by Gasteiger charge is -2.15. The van der Waals surface area contributed by atoms with Crippen molar-refractivity contribution in [2.75, 3.05) is 13.3 Å². The van der Waals surface area contributed by atoms with Crippen LogP contribution in [-0.4, -0.2) is 62.5 Å². The van der Waals surface area contributed by atoms with E-state index in [1.807, 2.05) is 37.5 Å². The number of nitrogens with one attached hydrogen (secondary N) is 1. The van der Waals surface area contributed by atoms with Crippen LogP contribution in [0.2, 0.25) is 0 Å². The molecule has 0 radical (unpaired) electrons. The summed E-state index contributed by atoms with van der Waals surface area (Å²) in [5.41, 5.74) is 17.6. The Labute approximate surface area is 251 Å². The molecule has 0 saturated heterocycles. The van der Waals surface area contributed by atoms with E-state index in [-0.39, 0.29) is 62.1 Å². The minimum Gasteiger partial charge on any atom is -0.508 e. The Balaban J connectivity index is 1.34. The monoisotopic (exact) mass is 595 g/mol. The van der Waals surface area contributed by atoms with E-state index in [0.717, 1.165) is 44.9 Å². The number of aliphatic imine (C=N–C) groups is 1. The number of benzene rings is 2. The van der Waals surface area contributed by atoms with Gasteiger partial charge in [-0.25, -0.2) is 0 Å². The Morgan fingerprint density at radius 2 is 1.86 bits per heavy atom. The van der Waals surface area contributed by atoms with Crippen molar-refractivity contribution in [1.82, 2.24) is 0 Å². The number of ether oxygens (including phenoxy) is 1. The van der Waals surface area contributed by atoms with E-state index in [4.69, 9.17) is 16.2 Å². The number of aliphatic hydroxyl groups excluding tert-OH is 3. The summed E-state index contributed by atoms with van der Waals surface area (Å²) in [4.78, 5) is 17.9. The van der Waals surface area contributed by atoms with Crippen LogP contribution in [0.1, 0.15) is 67.4 Å². The highest BCUT2D eigenvalue weighted by atomic mass is 16.5. The number of fused-ring (bicyclic) bond motifs is 1. The van der Waals surface area contributed by atoms with E-state index in [0.29, 0.717) is 24.9 Å². The fraction of sp³-hybridized carbons (Fsp3) is 0.438. The number of nitrogens with two attached hydrogens (primary N) is 2. The number of hydrogen-bond acceptors (Lipinski definition) is 10. The first-order chi connectivity index (χ1) is 20.6. The summed E-state index contributed by atoms with van der Waals surface area (Å²) in [5.74, 6) is -0.357. The van der Waals surface area contributed by atoms with E-state index in [1.54, 1.807) is 0 Å². The minimum atomic E-state index is -0.912. The molecule has 2 aliphatic rings. The molecule has 2 aliphatic heterocycles. The molecule has 11 heteroatoms. The highest BCUT2D eigenvalue weighted by molar-refractivity contribution is 6.08. The van der Waals surface area contributed by atoms with Gasteiger partial charge in [-0.3, -0.25) is 14.7 Å². The van der Waals surface area contributed by atoms with Gasteiger partial charge in [0, 0.05) is 31.5 Å². The molecule has 0 amide bonds. The number of phenolic OH excluding ortho intramolecular Hbond substituents is 2. The molecule has 0 spiro atoms. The van der Waals surface area contributed by atoms with Gasteiger partial charge in [-0.05, 0) is 53.2 Å². The molecule has 43 heavy (non-hydrogen) atoms. The molecular formula is C32H43N4O7+. The number of hydrogen-bond donors (Lipinski definition) is 8. The maximum atomic E-state index is 12.4. The van der Waals surface area contributed by atoms with Gasteiger partial charge in [-0.15, -0.1) is 0 Å². The molecule has 2 heterocycles.